The zero-order valence-electron chi connectivity index (χ0n) is 9.43. The van der Waals surface area contributed by atoms with Gasteiger partial charge in [-0.25, -0.2) is 0 Å². The van der Waals surface area contributed by atoms with Gasteiger partial charge in [-0.15, -0.1) is 11.8 Å². The second kappa shape index (κ2) is 5.71. The Labute approximate surface area is 114 Å². The van der Waals surface area contributed by atoms with Gasteiger partial charge in [0.2, 0.25) is 0 Å². The monoisotopic (exact) mass is 308 g/mol. The van der Waals surface area contributed by atoms with Gasteiger partial charge in [0.25, 0.3) is 0 Å². The summed E-state index contributed by atoms with van der Waals surface area (Å²) in [6, 6.07) is 15.7. The van der Waals surface area contributed by atoms with E-state index < -0.39 is 6.10 Å². The number of aliphatic hydroxyl groups excluding tert-OH is 1. The Morgan fingerprint density at radius 2 is 1.41 bits per heavy atom. The van der Waals surface area contributed by atoms with Crippen molar-refractivity contribution in [1.82, 2.24) is 0 Å². The van der Waals surface area contributed by atoms with Crippen LogP contribution in [0, 0.1) is 0 Å². The predicted octanol–water partition coefficient (Wildman–Crippen LogP) is 4.25. The van der Waals surface area contributed by atoms with Crippen LogP contribution < -0.4 is 0 Å². The van der Waals surface area contributed by atoms with Gasteiger partial charge >= 0.3 is 0 Å². The maximum absolute atomic E-state index is 10.2. The molecule has 88 valence electrons. The lowest BCUT2D eigenvalue weighted by Crippen LogP contribution is -1.98. The molecule has 0 amide bonds. The van der Waals surface area contributed by atoms with Crippen LogP contribution in [-0.2, 0) is 0 Å². The maximum Gasteiger partial charge on any atom is 0.104 e. The molecule has 1 atom stereocenters. The Morgan fingerprint density at radius 3 is 1.88 bits per heavy atom. The minimum Gasteiger partial charge on any atom is -0.384 e. The second-order valence-electron chi connectivity index (χ2n) is 3.73. The SMILES string of the molecule is CSc1ccc(C(O)c2ccc(Br)cc2)cc1. The normalized spacial score (nSPS) is 12.4. The Kier molecular flexibility index (Phi) is 4.26. The highest BCUT2D eigenvalue weighted by molar-refractivity contribution is 9.10. The summed E-state index contributed by atoms with van der Waals surface area (Å²) < 4.78 is 1.02. The second-order valence-corrected chi connectivity index (χ2v) is 5.52. The lowest BCUT2D eigenvalue weighted by Gasteiger charge is -2.12. The number of hydrogen-bond donors (Lipinski definition) is 1. The Morgan fingerprint density at radius 1 is 0.941 bits per heavy atom. The van der Waals surface area contributed by atoms with Crippen molar-refractivity contribution in [3.8, 4) is 0 Å². The van der Waals surface area contributed by atoms with Gasteiger partial charge in [-0.2, -0.15) is 0 Å². The summed E-state index contributed by atoms with van der Waals surface area (Å²) in [7, 11) is 0. The molecule has 0 aliphatic carbocycles. The predicted molar refractivity (Wildman–Crippen MR) is 76.4 cm³/mol. The molecule has 0 aliphatic rings. The van der Waals surface area contributed by atoms with E-state index >= 15 is 0 Å². The molecule has 3 heteroatoms. The zero-order chi connectivity index (χ0) is 12.3. The highest BCUT2D eigenvalue weighted by Crippen LogP contribution is 2.25. The number of aliphatic hydroxyl groups is 1. The molecule has 2 aromatic carbocycles. The molecular formula is C14H13BrOS. The largest absolute Gasteiger partial charge is 0.384 e. The molecule has 0 aliphatic heterocycles. The summed E-state index contributed by atoms with van der Waals surface area (Å²) in [5.74, 6) is 0. The molecule has 0 spiro atoms. The van der Waals surface area contributed by atoms with Crippen molar-refractivity contribution in [2.75, 3.05) is 6.26 Å². The molecular weight excluding hydrogens is 296 g/mol. The van der Waals surface area contributed by atoms with Crippen molar-refractivity contribution >= 4 is 27.7 Å². The van der Waals surface area contributed by atoms with Crippen molar-refractivity contribution in [1.29, 1.82) is 0 Å². The van der Waals surface area contributed by atoms with Crippen LogP contribution in [0.4, 0.5) is 0 Å². The van der Waals surface area contributed by atoms with Gasteiger partial charge < -0.3 is 5.11 Å². The van der Waals surface area contributed by atoms with Crippen LogP contribution >= 0.6 is 27.7 Å². The van der Waals surface area contributed by atoms with Gasteiger partial charge in [-0.3, -0.25) is 0 Å². The third-order valence-electron chi connectivity index (χ3n) is 2.62. The molecule has 0 fully saturated rings. The van der Waals surface area contributed by atoms with E-state index in [-0.39, 0.29) is 0 Å². The van der Waals surface area contributed by atoms with Gasteiger partial charge in [0.15, 0.2) is 0 Å². The lowest BCUT2D eigenvalue weighted by molar-refractivity contribution is 0.220. The number of rotatable bonds is 3. The fraction of sp³-hybridized carbons (Fsp3) is 0.143. The van der Waals surface area contributed by atoms with E-state index in [1.807, 2.05) is 54.8 Å². The Balaban J connectivity index is 2.23. The molecule has 2 aromatic rings. The highest BCUT2D eigenvalue weighted by Gasteiger charge is 2.09. The van der Waals surface area contributed by atoms with Crippen molar-refractivity contribution in [2.24, 2.45) is 0 Å². The van der Waals surface area contributed by atoms with Crippen LogP contribution in [0.5, 0.6) is 0 Å². The van der Waals surface area contributed by atoms with E-state index in [9.17, 15) is 5.11 Å². The molecule has 0 heterocycles. The van der Waals surface area contributed by atoms with E-state index in [0.717, 1.165) is 15.6 Å². The molecule has 0 bridgehead atoms. The standard InChI is InChI=1S/C14H13BrOS/c1-17-13-8-4-11(5-9-13)14(16)10-2-6-12(15)7-3-10/h2-9,14,16H,1H3. The summed E-state index contributed by atoms with van der Waals surface area (Å²) in [6.45, 7) is 0. The van der Waals surface area contributed by atoms with Gasteiger partial charge in [-0.1, -0.05) is 40.2 Å². The van der Waals surface area contributed by atoms with E-state index in [4.69, 9.17) is 0 Å². The first-order chi connectivity index (χ1) is 8.20. The van der Waals surface area contributed by atoms with Crippen LogP contribution in [0.1, 0.15) is 17.2 Å². The van der Waals surface area contributed by atoms with Crippen molar-refractivity contribution < 1.29 is 5.11 Å². The van der Waals surface area contributed by atoms with E-state index in [1.54, 1.807) is 11.8 Å². The minimum atomic E-state index is -0.556. The Hall–Kier alpha value is -0.770. The fourth-order valence-electron chi connectivity index (χ4n) is 1.62. The van der Waals surface area contributed by atoms with Crippen molar-refractivity contribution in [2.45, 2.75) is 11.0 Å². The molecule has 1 N–H and O–H groups in total. The summed E-state index contributed by atoms with van der Waals surface area (Å²) in [6.07, 6.45) is 1.49. The van der Waals surface area contributed by atoms with Gasteiger partial charge in [-0.05, 0) is 41.6 Å². The van der Waals surface area contributed by atoms with E-state index in [0.29, 0.717) is 0 Å². The van der Waals surface area contributed by atoms with Crippen molar-refractivity contribution in [3.05, 3.63) is 64.1 Å². The summed E-state index contributed by atoms with van der Waals surface area (Å²) in [5, 5.41) is 10.2. The third kappa shape index (κ3) is 3.12. The van der Waals surface area contributed by atoms with Crippen LogP contribution in [0.25, 0.3) is 0 Å². The Bertz CT molecular complexity index is 479. The van der Waals surface area contributed by atoms with Gasteiger partial charge in [0, 0.05) is 9.37 Å². The topological polar surface area (TPSA) is 20.2 Å². The first-order valence-corrected chi connectivity index (χ1v) is 7.30. The highest BCUT2D eigenvalue weighted by atomic mass is 79.9. The molecule has 0 saturated carbocycles. The number of hydrogen-bond acceptors (Lipinski definition) is 2. The number of benzene rings is 2. The fourth-order valence-corrected chi connectivity index (χ4v) is 2.30. The summed E-state index contributed by atoms with van der Waals surface area (Å²) >= 11 is 5.08. The van der Waals surface area contributed by atoms with E-state index in [2.05, 4.69) is 15.9 Å². The maximum atomic E-state index is 10.2. The lowest BCUT2D eigenvalue weighted by atomic mass is 10.0. The van der Waals surface area contributed by atoms with Crippen LogP contribution in [0.15, 0.2) is 57.9 Å². The number of thioether (sulfide) groups is 1. The zero-order valence-corrected chi connectivity index (χ0v) is 11.8. The smallest absolute Gasteiger partial charge is 0.104 e. The van der Waals surface area contributed by atoms with Crippen LogP contribution in [0.2, 0.25) is 0 Å². The third-order valence-corrected chi connectivity index (χ3v) is 3.89. The average Bonchev–Trinajstić information content (AvgIpc) is 2.39. The molecule has 1 unspecified atom stereocenters. The molecule has 2 rings (SSSR count). The number of halogens is 1. The first-order valence-electron chi connectivity index (χ1n) is 5.28. The van der Waals surface area contributed by atoms with E-state index in [1.165, 1.54) is 4.90 Å². The summed E-state index contributed by atoms with van der Waals surface area (Å²) in [4.78, 5) is 1.21. The van der Waals surface area contributed by atoms with Gasteiger partial charge in [0.05, 0.1) is 0 Å². The van der Waals surface area contributed by atoms with Gasteiger partial charge in [0.1, 0.15) is 6.10 Å². The molecule has 0 saturated heterocycles. The van der Waals surface area contributed by atoms with Crippen molar-refractivity contribution in [3.63, 3.8) is 0 Å². The molecule has 1 nitrogen and oxygen atoms in total. The summed E-state index contributed by atoms with van der Waals surface area (Å²) in [5.41, 5.74) is 1.83. The molecule has 0 radical (unpaired) electrons. The average molecular weight is 309 g/mol. The quantitative estimate of drug-likeness (QED) is 0.855. The minimum absolute atomic E-state index is 0.556. The molecule has 0 aromatic heterocycles. The van der Waals surface area contributed by atoms with Crippen LogP contribution in [-0.4, -0.2) is 11.4 Å². The van der Waals surface area contributed by atoms with Crippen LogP contribution in [0.3, 0.4) is 0 Å². The first kappa shape index (κ1) is 12.7. The molecule has 17 heavy (non-hydrogen) atoms.